The molecule has 1 aromatic carbocycles. The normalized spacial score (nSPS) is 11.8. The second-order valence-electron chi connectivity index (χ2n) is 4.79. The van der Waals surface area contributed by atoms with E-state index in [9.17, 15) is 9.18 Å². The number of hydrogen-bond donors (Lipinski definition) is 0. The average molecular weight is 252 g/mol. The molecule has 0 saturated carbocycles. The van der Waals surface area contributed by atoms with Crippen molar-refractivity contribution in [3.63, 3.8) is 0 Å². The van der Waals surface area contributed by atoms with Crippen molar-refractivity contribution in [2.75, 3.05) is 0 Å². The highest BCUT2D eigenvalue weighted by Crippen LogP contribution is 2.27. The lowest BCUT2D eigenvalue weighted by molar-refractivity contribution is 0.00753. The van der Waals surface area contributed by atoms with Crippen molar-refractivity contribution in [1.82, 2.24) is 0 Å². The van der Waals surface area contributed by atoms with Crippen LogP contribution in [0.1, 0.15) is 30.4 Å². The van der Waals surface area contributed by atoms with Gasteiger partial charge in [-0.25, -0.2) is 9.18 Å². The Morgan fingerprint density at radius 1 is 1.29 bits per heavy atom. The van der Waals surface area contributed by atoms with Crippen molar-refractivity contribution in [3.05, 3.63) is 35.0 Å². The Labute approximate surface area is 103 Å². The van der Waals surface area contributed by atoms with Crippen LogP contribution in [-0.2, 0) is 4.74 Å². The average Bonchev–Trinajstić information content (AvgIpc) is 2.57. The van der Waals surface area contributed by atoms with Gasteiger partial charge in [0, 0.05) is 4.70 Å². The Balaban J connectivity index is 2.33. The van der Waals surface area contributed by atoms with Crippen molar-refractivity contribution < 1.29 is 13.9 Å². The number of carbonyl (C=O) groups excluding carboxylic acids is 1. The number of rotatable bonds is 1. The summed E-state index contributed by atoms with van der Waals surface area (Å²) in [7, 11) is 0. The molecule has 0 N–H and O–H groups in total. The summed E-state index contributed by atoms with van der Waals surface area (Å²) in [6.45, 7) is 5.45. The molecule has 0 aliphatic rings. The fourth-order valence-electron chi connectivity index (χ4n) is 1.44. The predicted molar refractivity (Wildman–Crippen MR) is 67.0 cm³/mol. The molecule has 0 bridgehead atoms. The van der Waals surface area contributed by atoms with Crippen LogP contribution in [-0.4, -0.2) is 11.6 Å². The number of benzene rings is 1. The molecule has 2 aromatic rings. The van der Waals surface area contributed by atoms with Gasteiger partial charge in [-0.1, -0.05) is 0 Å². The summed E-state index contributed by atoms with van der Waals surface area (Å²) in [5, 5.41) is 0.732. The summed E-state index contributed by atoms with van der Waals surface area (Å²) in [4.78, 5) is 12.3. The van der Waals surface area contributed by atoms with E-state index in [1.807, 2.05) is 20.8 Å². The maximum Gasteiger partial charge on any atom is 0.348 e. The molecular weight excluding hydrogens is 239 g/mol. The Morgan fingerprint density at radius 2 is 2.00 bits per heavy atom. The SMILES string of the molecule is CC(C)(C)OC(=O)c1cc2cc(F)ccc2s1. The molecule has 0 unspecified atom stereocenters. The summed E-state index contributed by atoms with van der Waals surface area (Å²) in [5.74, 6) is -0.662. The third kappa shape index (κ3) is 2.82. The van der Waals surface area contributed by atoms with Crippen LogP contribution < -0.4 is 0 Å². The van der Waals surface area contributed by atoms with E-state index in [-0.39, 0.29) is 11.8 Å². The van der Waals surface area contributed by atoms with Crippen LogP contribution in [0.15, 0.2) is 24.3 Å². The number of fused-ring (bicyclic) bond motifs is 1. The lowest BCUT2D eigenvalue weighted by atomic mass is 10.2. The first kappa shape index (κ1) is 12.0. The molecule has 0 aliphatic heterocycles. The molecule has 90 valence electrons. The fraction of sp³-hybridized carbons (Fsp3) is 0.308. The van der Waals surface area contributed by atoms with E-state index < -0.39 is 5.60 Å². The summed E-state index contributed by atoms with van der Waals surface area (Å²) in [5.41, 5.74) is -0.515. The number of thiophene rings is 1. The maximum atomic E-state index is 13.0. The van der Waals surface area contributed by atoms with Crippen LogP contribution in [0.2, 0.25) is 0 Å². The largest absolute Gasteiger partial charge is 0.456 e. The van der Waals surface area contributed by atoms with E-state index in [0.29, 0.717) is 4.88 Å². The quantitative estimate of drug-likeness (QED) is 0.717. The van der Waals surface area contributed by atoms with E-state index in [0.717, 1.165) is 10.1 Å². The minimum atomic E-state index is -0.515. The van der Waals surface area contributed by atoms with Crippen molar-refractivity contribution in [1.29, 1.82) is 0 Å². The Hall–Kier alpha value is -1.42. The first-order chi connectivity index (χ1) is 7.85. The number of carbonyl (C=O) groups is 1. The smallest absolute Gasteiger partial charge is 0.348 e. The van der Waals surface area contributed by atoms with Crippen molar-refractivity contribution >= 4 is 27.4 Å². The third-order valence-electron chi connectivity index (χ3n) is 2.08. The molecule has 0 saturated heterocycles. The van der Waals surface area contributed by atoms with E-state index in [4.69, 9.17) is 4.74 Å². The molecule has 0 radical (unpaired) electrons. The van der Waals surface area contributed by atoms with Gasteiger partial charge < -0.3 is 4.74 Å². The zero-order chi connectivity index (χ0) is 12.6. The van der Waals surface area contributed by atoms with Crippen LogP contribution in [0, 0.1) is 5.82 Å². The molecule has 0 spiro atoms. The molecular formula is C13H13FO2S. The summed E-state index contributed by atoms with van der Waals surface area (Å²) in [6.07, 6.45) is 0. The fourth-order valence-corrected chi connectivity index (χ4v) is 2.36. The van der Waals surface area contributed by atoms with Crippen LogP contribution in [0.25, 0.3) is 10.1 Å². The lowest BCUT2D eigenvalue weighted by Gasteiger charge is -2.18. The maximum absolute atomic E-state index is 13.0. The molecule has 17 heavy (non-hydrogen) atoms. The van der Waals surface area contributed by atoms with Gasteiger partial charge in [0.25, 0.3) is 0 Å². The van der Waals surface area contributed by atoms with Crippen LogP contribution >= 0.6 is 11.3 Å². The first-order valence-corrected chi connectivity index (χ1v) is 6.09. The van der Waals surface area contributed by atoms with Gasteiger partial charge in [0.1, 0.15) is 16.3 Å². The molecule has 1 aromatic heterocycles. The van der Waals surface area contributed by atoms with Crippen LogP contribution in [0.3, 0.4) is 0 Å². The van der Waals surface area contributed by atoms with E-state index in [1.54, 1.807) is 12.1 Å². The van der Waals surface area contributed by atoms with Crippen molar-refractivity contribution in [2.24, 2.45) is 0 Å². The minimum absolute atomic E-state index is 0.300. The summed E-state index contributed by atoms with van der Waals surface area (Å²) < 4.78 is 19.1. The molecule has 4 heteroatoms. The number of ether oxygens (including phenoxy) is 1. The zero-order valence-corrected chi connectivity index (χ0v) is 10.7. The molecule has 2 nitrogen and oxygen atoms in total. The van der Waals surface area contributed by atoms with Crippen LogP contribution in [0.4, 0.5) is 4.39 Å². The summed E-state index contributed by atoms with van der Waals surface area (Å²) in [6, 6.07) is 6.14. The van der Waals surface area contributed by atoms with E-state index >= 15 is 0 Å². The van der Waals surface area contributed by atoms with Gasteiger partial charge in [-0.05, 0) is 50.4 Å². The Bertz CT molecular complexity index is 566. The van der Waals surface area contributed by atoms with Gasteiger partial charge in [-0.2, -0.15) is 0 Å². The molecule has 0 fully saturated rings. The van der Waals surface area contributed by atoms with E-state index in [1.165, 1.54) is 23.5 Å². The van der Waals surface area contributed by atoms with Crippen molar-refractivity contribution in [2.45, 2.75) is 26.4 Å². The van der Waals surface area contributed by atoms with Gasteiger partial charge in [-0.3, -0.25) is 0 Å². The second kappa shape index (κ2) is 4.11. The van der Waals surface area contributed by atoms with Crippen molar-refractivity contribution in [3.8, 4) is 0 Å². The van der Waals surface area contributed by atoms with Gasteiger partial charge >= 0.3 is 5.97 Å². The molecule has 0 atom stereocenters. The highest BCUT2D eigenvalue weighted by molar-refractivity contribution is 7.20. The number of hydrogen-bond acceptors (Lipinski definition) is 3. The van der Waals surface area contributed by atoms with Crippen LogP contribution in [0.5, 0.6) is 0 Å². The Morgan fingerprint density at radius 3 is 2.65 bits per heavy atom. The zero-order valence-electron chi connectivity index (χ0n) is 9.91. The van der Waals surface area contributed by atoms with Gasteiger partial charge in [0.2, 0.25) is 0 Å². The second-order valence-corrected chi connectivity index (χ2v) is 5.88. The molecule has 0 amide bonds. The minimum Gasteiger partial charge on any atom is -0.456 e. The highest BCUT2D eigenvalue weighted by Gasteiger charge is 2.19. The molecule has 2 rings (SSSR count). The van der Waals surface area contributed by atoms with Gasteiger partial charge in [-0.15, -0.1) is 11.3 Å². The number of esters is 1. The Kier molecular flexibility index (Phi) is 2.91. The third-order valence-corrected chi connectivity index (χ3v) is 3.17. The first-order valence-electron chi connectivity index (χ1n) is 5.27. The predicted octanol–water partition coefficient (Wildman–Crippen LogP) is 4.00. The molecule has 0 aliphatic carbocycles. The van der Waals surface area contributed by atoms with Gasteiger partial charge in [0.15, 0.2) is 0 Å². The molecule has 1 heterocycles. The monoisotopic (exact) mass is 252 g/mol. The highest BCUT2D eigenvalue weighted by atomic mass is 32.1. The standard InChI is InChI=1S/C13H13FO2S/c1-13(2,3)16-12(15)11-7-8-6-9(14)4-5-10(8)17-11/h4-7H,1-3H3. The van der Waals surface area contributed by atoms with E-state index in [2.05, 4.69) is 0 Å². The lowest BCUT2D eigenvalue weighted by Crippen LogP contribution is -2.23. The topological polar surface area (TPSA) is 26.3 Å². The van der Waals surface area contributed by atoms with Gasteiger partial charge in [0.05, 0.1) is 0 Å². The number of halogens is 1. The summed E-state index contributed by atoms with van der Waals surface area (Å²) >= 11 is 1.31.